The number of ether oxygens (including phenoxy) is 1. The maximum Gasteiger partial charge on any atom is 0.193 e. The molecule has 0 fully saturated rings. The van der Waals surface area contributed by atoms with Crippen LogP contribution in [0.3, 0.4) is 0 Å². The van der Waals surface area contributed by atoms with Crippen molar-refractivity contribution in [1.29, 1.82) is 0 Å². The lowest BCUT2D eigenvalue weighted by molar-refractivity contribution is 0.104. The molecule has 4 aromatic carbocycles. The molecule has 0 aliphatic heterocycles. The van der Waals surface area contributed by atoms with Crippen LogP contribution in [0.2, 0.25) is 0 Å². The molecule has 2 atom stereocenters. The van der Waals surface area contributed by atoms with E-state index in [1.54, 1.807) is 42.5 Å². The highest BCUT2D eigenvalue weighted by Crippen LogP contribution is 2.44. The number of carbonyl (C=O) groups is 1. The number of allylic oxidation sites excluding steroid dienone is 2. The number of phenolic OH excluding ortho intramolecular Hbond substituents is 3. The minimum Gasteiger partial charge on any atom is -0.508 e. The van der Waals surface area contributed by atoms with E-state index in [1.165, 1.54) is 19.3 Å². The first kappa shape index (κ1) is 29.2. The zero-order valence-corrected chi connectivity index (χ0v) is 22.9. The average molecular weight is 551 g/mol. The number of aliphatic hydroxyl groups excluding tert-OH is 1. The maximum atomic E-state index is 13.3. The molecule has 0 spiro atoms. The summed E-state index contributed by atoms with van der Waals surface area (Å²) in [5.41, 5.74) is 2.73. The van der Waals surface area contributed by atoms with Gasteiger partial charge >= 0.3 is 0 Å². The van der Waals surface area contributed by atoms with Crippen molar-refractivity contribution in [2.24, 2.45) is 0 Å². The van der Waals surface area contributed by atoms with Gasteiger partial charge in [-0.2, -0.15) is 0 Å². The second-order valence-corrected chi connectivity index (χ2v) is 9.81. The van der Waals surface area contributed by atoms with Crippen LogP contribution in [0, 0.1) is 0 Å². The third-order valence-electron chi connectivity index (χ3n) is 6.90. The number of carbonyl (C=O) groups excluding carboxylic acids is 1. The second-order valence-electron chi connectivity index (χ2n) is 9.81. The van der Waals surface area contributed by atoms with Crippen molar-refractivity contribution < 1.29 is 30.0 Å². The van der Waals surface area contributed by atoms with E-state index in [0.29, 0.717) is 12.8 Å². The average Bonchev–Trinajstić information content (AvgIpc) is 2.99. The summed E-state index contributed by atoms with van der Waals surface area (Å²) in [6.07, 6.45) is 7.10. The third-order valence-corrected chi connectivity index (χ3v) is 6.90. The Hall–Kier alpha value is -4.81. The number of aromatic hydroxyl groups is 3. The molecular formula is C35H34O6. The third kappa shape index (κ3) is 7.87. The van der Waals surface area contributed by atoms with Crippen molar-refractivity contribution in [2.45, 2.75) is 31.3 Å². The molecule has 0 saturated heterocycles. The molecule has 0 saturated carbocycles. The van der Waals surface area contributed by atoms with Gasteiger partial charge in [-0.25, -0.2) is 0 Å². The fourth-order valence-corrected chi connectivity index (χ4v) is 4.73. The molecule has 2 unspecified atom stereocenters. The molecule has 6 nitrogen and oxygen atoms in total. The zero-order chi connectivity index (χ0) is 29.2. The summed E-state index contributed by atoms with van der Waals surface area (Å²) in [6, 6.07) is 27.0. The highest BCUT2D eigenvalue weighted by molar-refractivity contribution is 6.11. The number of ketones is 1. The number of phenols is 3. The number of benzene rings is 4. The maximum absolute atomic E-state index is 13.3. The predicted molar refractivity (Wildman–Crippen MR) is 161 cm³/mol. The number of aliphatic hydroxyl groups is 1. The SMILES string of the molecule is COc1cc(O)c(C(C=Cc2ccc(O)cc2)CC(O)CCc2ccccc2)c(O)c1C(=O)C=Cc1ccccc1. The normalized spacial score (nSPS) is 12.9. The Morgan fingerprint density at radius 2 is 1.49 bits per heavy atom. The minimum atomic E-state index is -0.761. The van der Waals surface area contributed by atoms with E-state index in [0.717, 1.165) is 16.7 Å². The topological polar surface area (TPSA) is 107 Å². The summed E-state index contributed by atoms with van der Waals surface area (Å²) in [5, 5.41) is 43.1. The van der Waals surface area contributed by atoms with E-state index in [9.17, 15) is 25.2 Å². The summed E-state index contributed by atoms with van der Waals surface area (Å²) in [7, 11) is 1.36. The van der Waals surface area contributed by atoms with Crippen molar-refractivity contribution in [3.8, 4) is 23.0 Å². The van der Waals surface area contributed by atoms with Gasteiger partial charge in [0.25, 0.3) is 0 Å². The Morgan fingerprint density at radius 1 is 0.854 bits per heavy atom. The summed E-state index contributed by atoms with van der Waals surface area (Å²) in [4.78, 5) is 13.3. The van der Waals surface area contributed by atoms with Gasteiger partial charge in [0.1, 0.15) is 28.6 Å². The van der Waals surface area contributed by atoms with Crippen molar-refractivity contribution in [3.05, 3.63) is 131 Å². The monoisotopic (exact) mass is 550 g/mol. The van der Waals surface area contributed by atoms with Crippen LogP contribution in [0.1, 0.15) is 51.4 Å². The smallest absolute Gasteiger partial charge is 0.193 e. The van der Waals surface area contributed by atoms with Crippen LogP contribution in [-0.4, -0.2) is 39.4 Å². The first-order chi connectivity index (χ1) is 19.9. The first-order valence-corrected chi connectivity index (χ1v) is 13.4. The van der Waals surface area contributed by atoms with Gasteiger partial charge in [0.05, 0.1) is 13.2 Å². The zero-order valence-electron chi connectivity index (χ0n) is 22.9. The molecule has 4 N–H and O–H groups in total. The minimum absolute atomic E-state index is 0.0392. The molecule has 4 rings (SSSR count). The molecule has 210 valence electrons. The van der Waals surface area contributed by atoms with Gasteiger partial charge in [0.15, 0.2) is 5.78 Å². The van der Waals surface area contributed by atoms with Crippen LogP contribution in [0.15, 0.2) is 103 Å². The number of rotatable bonds is 12. The Bertz CT molecular complexity index is 1490. The lowest BCUT2D eigenvalue weighted by atomic mass is 9.87. The predicted octanol–water partition coefficient (Wildman–Crippen LogP) is 6.89. The van der Waals surface area contributed by atoms with E-state index in [1.807, 2.05) is 60.7 Å². The fraction of sp³-hybridized carbons (Fsp3) is 0.171. The molecular weight excluding hydrogens is 516 g/mol. The van der Waals surface area contributed by atoms with E-state index in [-0.39, 0.29) is 34.8 Å². The summed E-state index contributed by atoms with van der Waals surface area (Å²) in [6.45, 7) is 0. The molecule has 6 heteroatoms. The molecule has 0 amide bonds. The summed E-state index contributed by atoms with van der Waals surface area (Å²) < 4.78 is 5.36. The van der Waals surface area contributed by atoms with E-state index >= 15 is 0 Å². The van der Waals surface area contributed by atoms with Gasteiger partial charge in [-0.3, -0.25) is 4.79 Å². The highest BCUT2D eigenvalue weighted by atomic mass is 16.5. The quantitative estimate of drug-likeness (QED) is 0.113. The van der Waals surface area contributed by atoms with Gasteiger partial charge in [-0.15, -0.1) is 0 Å². The largest absolute Gasteiger partial charge is 0.508 e. The molecule has 0 aliphatic rings. The van der Waals surface area contributed by atoms with E-state index in [2.05, 4.69) is 0 Å². The van der Waals surface area contributed by atoms with Crippen molar-refractivity contribution in [2.75, 3.05) is 7.11 Å². The Kier molecular flexibility index (Phi) is 9.97. The van der Waals surface area contributed by atoms with E-state index < -0.39 is 23.6 Å². The van der Waals surface area contributed by atoms with Crippen molar-refractivity contribution in [3.63, 3.8) is 0 Å². The molecule has 0 aromatic heterocycles. The molecule has 0 heterocycles. The van der Waals surface area contributed by atoms with Crippen molar-refractivity contribution in [1.82, 2.24) is 0 Å². The first-order valence-electron chi connectivity index (χ1n) is 13.4. The lowest BCUT2D eigenvalue weighted by Gasteiger charge is -2.22. The number of hydrogen-bond acceptors (Lipinski definition) is 6. The van der Waals surface area contributed by atoms with Gasteiger partial charge in [0, 0.05) is 17.5 Å². The summed E-state index contributed by atoms with van der Waals surface area (Å²) >= 11 is 0. The molecule has 0 radical (unpaired) electrons. The number of methoxy groups -OCH3 is 1. The Morgan fingerprint density at radius 3 is 2.15 bits per heavy atom. The van der Waals surface area contributed by atoms with Gasteiger partial charge in [-0.1, -0.05) is 91.0 Å². The van der Waals surface area contributed by atoms with Crippen LogP contribution < -0.4 is 4.74 Å². The molecule has 4 aromatic rings. The highest BCUT2D eigenvalue weighted by Gasteiger charge is 2.27. The number of hydrogen-bond donors (Lipinski definition) is 4. The molecule has 0 aliphatic carbocycles. The van der Waals surface area contributed by atoms with Crippen molar-refractivity contribution >= 4 is 17.9 Å². The fourth-order valence-electron chi connectivity index (χ4n) is 4.73. The molecule has 41 heavy (non-hydrogen) atoms. The standard InChI is InChI=1S/C35H34O6/c1-41-32-23-31(39)33(35(40)34(32)30(38)21-16-25-10-6-3-7-11-25)27(17-12-26-13-18-28(36)19-14-26)22-29(37)20-15-24-8-4-2-5-9-24/h2-14,16-19,21,23,27,29,36-37,39-40H,15,20,22H2,1H3. The van der Waals surface area contributed by atoms with Crippen LogP contribution in [-0.2, 0) is 6.42 Å². The molecule has 0 bridgehead atoms. The van der Waals surface area contributed by atoms with Crippen LogP contribution in [0.4, 0.5) is 0 Å². The van der Waals surface area contributed by atoms with Crippen LogP contribution in [0.25, 0.3) is 12.2 Å². The lowest BCUT2D eigenvalue weighted by Crippen LogP contribution is -2.14. The van der Waals surface area contributed by atoms with Gasteiger partial charge in [0.2, 0.25) is 0 Å². The van der Waals surface area contributed by atoms with Gasteiger partial charge in [-0.05, 0) is 54.2 Å². The van der Waals surface area contributed by atoms with Crippen LogP contribution in [0.5, 0.6) is 23.0 Å². The summed E-state index contributed by atoms with van der Waals surface area (Å²) in [5.74, 6) is -1.62. The van der Waals surface area contributed by atoms with Crippen LogP contribution >= 0.6 is 0 Å². The Labute approximate surface area is 240 Å². The Balaban J connectivity index is 1.69. The van der Waals surface area contributed by atoms with E-state index in [4.69, 9.17) is 4.74 Å². The second kappa shape index (κ2) is 14.0. The van der Waals surface area contributed by atoms with Gasteiger partial charge < -0.3 is 25.2 Å². The number of aryl methyl sites for hydroxylation is 1.